The van der Waals surface area contributed by atoms with Gasteiger partial charge in [-0.3, -0.25) is 0 Å². The van der Waals surface area contributed by atoms with Crippen LogP contribution in [-0.2, 0) is 10.0 Å². The molecular formula is C14H20Cl2N2O2S. The molecule has 3 N–H and O–H groups in total. The molecule has 4 nitrogen and oxygen atoms in total. The number of sulfonamides is 1. The normalized spacial score (nSPS) is 18.0. The van der Waals surface area contributed by atoms with Gasteiger partial charge in [0.2, 0.25) is 10.0 Å². The SMILES string of the molecule is CCC1(CNS(=O)(=O)c2ccc(Cl)c(N)c2Cl)CCCC1. The highest BCUT2D eigenvalue weighted by atomic mass is 35.5. The third-order valence-corrected chi connectivity index (χ3v) is 6.72. The van der Waals surface area contributed by atoms with Gasteiger partial charge in [-0.05, 0) is 36.8 Å². The topological polar surface area (TPSA) is 72.2 Å². The predicted molar refractivity (Wildman–Crippen MR) is 87.3 cm³/mol. The van der Waals surface area contributed by atoms with Gasteiger partial charge in [0.05, 0.1) is 15.7 Å². The molecule has 1 fully saturated rings. The largest absolute Gasteiger partial charge is 0.396 e. The fourth-order valence-corrected chi connectivity index (χ4v) is 4.78. The van der Waals surface area contributed by atoms with Crippen molar-refractivity contribution in [2.24, 2.45) is 5.41 Å². The minimum Gasteiger partial charge on any atom is -0.396 e. The van der Waals surface area contributed by atoms with Crippen molar-refractivity contribution < 1.29 is 8.42 Å². The van der Waals surface area contributed by atoms with E-state index in [1.54, 1.807) is 0 Å². The van der Waals surface area contributed by atoms with Crippen molar-refractivity contribution in [1.82, 2.24) is 4.72 Å². The fourth-order valence-electron chi connectivity index (χ4n) is 2.86. The summed E-state index contributed by atoms with van der Waals surface area (Å²) in [6.07, 6.45) is 5.39. The molecule has 0 aromatic heterocycles. The van der Waals surface area contributed by atoms with E-state index in [1.165, 1.54) is 12.1 Å². The minimum atomic E-state index is -3.69. The zero-order chi connectivity index (χ0) is 15.7. The van der Waals surface area contributed by atoms with Crippen LogP contribution in [0.15, 0.2) is 17.0 Å². The lowest BCUT2D eigenvalue weighted by molar-refractivity contribution is 0.285. The molecule has 1 aromatic carbocycles. The fraction of sp³-hybridized carbons (Fsp3) is 0.571. The minimum absolute atomic E-state index is 0.0182. The smallest absolute Gasteiger partial charge is 0.242 e. The van der Waals surface area contributed by atoms with Gasteiger partial charge in [-0.1, -0.05) is 43.0 Å². The van der Waals surface area contributed by atoms with E-state index in [4.69, 9.17) is 28.9 Å². The predicted octanol–water partition coefficient (Wildman–Crippen LogP) is 3.82. The average Bonchev–Trinajstić information content (AvgIpc) is 2.92. The highest BCUT2D eigenvalue weighted by molar-refractivity contribution is 7.89. The Labute approximate surface area is 136 Å². The maximum atomic E-state index is 12.4. The van der Waals surface area contributed by atoms with E-state index in [-0.39, 0.29) is 26.0 Å². The van der Waals surface area contributed by atoms with Crippen molar-refractivity contribution in [3.63, 3.8) is 0 Å². The summed E-state index contributed by atoms with van der Waals surface area (Å²) in [5.41, 5.74) is 5.85. The van der Waals surface area contributed by atoms with Crippen molar-refractivity contribution in [1.29, 1.82) is 0 Å². The van der Waals surface area contributed by atoms with E-state index < -0.39 is 10.0 Å². The second-order valence-corrected chi connectivity index (χ2v) is 8.18. The molecule has 0 radical (unpaired) electrons. The van der Waals surface area contributed by atoms with Crippen molar-refractivity contribution in [2.75, 3.05) is 12.3 Å². The molecule has 0 aliphatic heterocycles. The Morgan fingerprint density at radius 1 is 1.29 bits per heavy atom. The van der Waals surface area contributed by atoms with Crippen molar-refractivity contribution >= 4 is 38.9 Å². The Bertz CT molecular complexity index is 626. The Hall–Kier alpha value is -0.490. The molecule has 1 saturated carbocycles. The van der Waals surface area contributed by atoms with E-state index in [0.717, 1.165) is 32.1 Å². The molecule has 0 unspecified atom stereocenters. The van der Waals surface area contributed by atoms with Gasteiger partial charge >= 0.3 is 0 Å². The molecule has 0 spiro atoms. The van der Waals surface area contributed by atoms with Crippen molar-refractivity contribution in [3.05, 3.63) is 22.2 Å². The molecular weight excluding hydrogens is 331 g/mol. The van der Waals surface area contributed by atoms with Gasteiger partial charge in [-0.15, -0.1) is 0 Å². The summed E-state index contributed by atoms with van der Waals surface area (Å²) in [6, 6.07) is 2.83. The van der Waals surface area contributed by atoms with Crippen LogP contribution in [0.5, 0.6) is 0 Å². The number of nitrogens with one attached hydrogen (secondary N) is 1. The summed E-state index contributed by atoms with van der Waals surface area (Å²) >= 11 is 11.9. The van der Waals surface area contributed by atoms with Gasteiger partial charge in [0.25, 0.3) is 0 Å². The average molecular weight is 351 g/mol. The molecule has 1 aliphatic rings. The summed E-state index contributed by atoms with van der Waals surface area (Å²) in [5, 5.41) is 0.228. The van der Waals surface area contributed by atoms with Gasteiger partial charge in [0.15, 0.2) is 0 Å². The van der Waals surface area contributed by atoms with Crippen molar-refractivity contribution in [3.8, 4) is 0 Å². The molecule has 0 heterocycles. The summed E-state index contributed by atoms with van der Waals surface area (Å²) < 4.78 is 27.6. The molecule has 1 aliphatic carbocycles. The second kappa shape index (κ2) is 6.32. The maximum Gasteiger partial charge on any atom is 0.242 e. The Morgan fingerprint density at radius 2 is 1.90 bits per heavy atom. The summed E-state index contributed by atoms with van der Waals surface area (Å²) in [5.74, 6) is 0. The van der Waals surface area contributed by atoms with Crippen LogP contribution >= 0.6 is 23.2 Å². The quantitative estimate of drug-likeness (QED) is 0.792. The van der Waals surface area contributed by atoms with Crippen LogP contribution in [0, 0.1) is 5.41 Å². The van der Waals surface area contributed by atoms with Gasteiger partial charge in [0.1, 0.15) is 4.90 Å². The number of hydrogen-bond donors (Lipinski definition) is 2. The first-order chi connectivity index (χ1) is 9.81. The third-order valence-electron chi connectivity index (χ3n) is 4.43. The number of anilines is 1. The molecule has 0 atom stereocenters. The summed E-state index contributed by atoms with van der Waals surface area (Å²) in [6.45, 7) is 2.54. The third kappa shape index (κ3) is 3.47. The number of benzene rings is 1. The number of nitrogen functional groups attached to an aromatic ring is 1. The lowest BCUT2D eigenvalue weighted by Crippen LogP contribution is -2.35. The van der Waals surface area contributed by atoms with Crippen LogP contribution in [0.3, 0.4) is 0 Å². The molecule has 0 bridgehead atoms. The van der Waals surface area contributed by atoms with Crippen LogP contribution in [0.25, 0.3) is 0 Å². The van der Waals surface area contributed by atoms with E-state index in [1.807, 2.05) is 0 Å². The van der Waals surface area contributed by atoms with Crippen LogP contribution in [-0.4, -0.2) is 15.0 Å². The summed E-state index contributed by atoms with van der Waals surface area (Å²) in [4.78, 5) is -0.0182. The molecule has 21 heavy (non-hydrogen) atoms. The standard InChI is InChI=1S/C14H20Cl2N2O2S/c1-2-14(7-3-4-8-14)9-18-21(19,20)11-6-5-10(15)13(17)12(11)16/h5-6,18H,2-4,7-9,17H2,1H3. The molecule has 0 saturated heterocycles. The van der Waals surface area contributed by atoms with Gasteiger partial charge < -0.3 is 5.73 Å². The zero-order valence-electron chi connectivity index (χ0n) is 12.0. The van der Waals surface area contributed by atoms with Crippen molar-refractivity contribution in [2.45, 2.75) is 43.9 Å². The Morgan fingerprint density at radius 3 is 2.48 bits per heavy atom. The zero-order valence-corrected chi connectivity index (χ0v) is 14.3. The first-order valence-corrected chi connectivity index (χ1v) is 9.28. The van der Waals surface area contributed by atoms with E-state index in [0.29, 0.717) is 6.54 Å². The number of rotatable bonds is 5. The molecule has 1 aromatic rings. The van der Waals surface area contributed by atoms with Crippen LogP contribution < -0.4 is 10.5 Å². The van der Waals surface area contributed by atoms with E-state index in [2.05, 4.69) is 11.6 Å². The number of nitrogens with two attached hydrogens (primary N) is 1. The van der Waals surface area contributed by atoms with Gasteiger partial charge in [-0.25, -0.2) is 13.1 Å². The highest BCUT2D eigenvalue weighted by Gasteiger charge is 2.33. The van der Waals surface area contributed by atoms with E-state index >= 15 is 0 Å². The van der Waals surface area contributed by atoms with Crippen LogP contribution in [0.4, 0.5) is 5.69 Å². The first-order valence-electron chi connectivity index (χ1n) is 7.04. The lowest BCUT2D eigenvalue weighted by atomic mass is 9.84. The lowest BCUT2D eigenvalue weighted by Gasteiger charge is -2.27. The monoisotopic (exact) mass is 350 g/mol. The van der Waals surface area contributed by atoms with Gasteiger partial charge in [-0.2, -0.15) is 0 Å². The highest BCUT2D eigenvalue weighted by Crippen LogP contribution is 2.41. The van der Waals surface area contributed by atoms with Gasteiger partial charge in [0, 0.05) is 6.54 Å². The molecule has 7 heteroatoms. The molecule has 118 valence electrons. The number of halogens is 2. The van der Waals surface area contributed by atoms with Crippen LogP contribution in [0.2, 0.25) is 10.0 Å². The number of hydrogen-bond acceptors (Lipinski definition) is 3. The van der Waals surface area contributed by atoms with Crippen LogP contribution in [0.1, 0.15) is 39.0 Å². The molecule has 2 rings (SSSR count). The van der Waals surface area contributed by atoms with E-state index in [9.17, 15) is 8.42 Å². The molecule has 0 amide bonds. The maximum absolute atomic E-state index is 12.4. The second-order valence-electron chi connectivity index (χ2n) is 5.66. The summed E-state index contributed by atoms with van der Waals surface area (Å²) in [7, 11) is -3.69. The Balaban J connectivity index is 2.21. The Kier molecular flexibility index (Phi) is 5.08. The first kappa shape index (κ1) is 16.9.